The van der Waals surface area contributed by atoms with Crippen LogP contribution >= 0.6 is 0 Å². The third kappa shape index (κ3) is 6.17. The maximum absolute atomic E-state index is 12.3. The Morgan fingerprint density at radius 1 is 1.11 bits per heavy atom. The molecule has 8 nitrogen and oxygen atoms in total. The van der Waals surface area contributed by atoms with Crippen LogP contribution < -0.4 is 11.1 Å². The van der Waals surface area contributed by atoms with Crippen LogP contribution in [-0.2, 0) is 16.0 Å². The van der Waals surface area contributed by atoms with E-state index in [0.717, 1.165) is 0 Å². The van der Waals surface area contributed by atoms with Crippen molar-refractivity contribution in [2.75, 3.05) is 5.32 Å². The number of amides is 1. The molecule has 1 unspecified atom stereocenters. The molecule has 0 fully saturated rings. The molecule has 2 aromatic carbocycles. The molecule has 0 aliphatic heterocycles. The van der Waals surface area contributed by atoms with Gasteiger partial charge in [-0.2, -0.15) is 0 Å². The summed E-state index contributed by atoms with van der Waals surface area (Å²) in [6.45, 7) is 5.35. The topological polar surface area (TPSA) is 125 Å². The van der Waals surface area contributed by atoms with Gasteiger partial charge in [0.25, 0.3) is 5.69 Å². The molecule has 0 aromatic heterocycles. The van der Waals surface area contributed by atoms with Crippen molar-refractivity contribution < 1.29 is 19.2 Å². The minimum Gasteiger partial charge on any atom is -0.456 e. The van der Waals surface area contributed by atoms with Crippen LogP contribution in [-0.4, -0.2) is 28.4 Å². The first-order valence-electron chi connectivity index (χ1n) is 8.68. The van der Waals surface area contributed by atoms with E-state index >= 15 is 0 Å². The first-order valence-corrected chi connectivity index (χ1v) is 8.68. The number of anilines is 1. The third-order valence-corrected chi connectivity index (χ3v) is 3.73. The van der Waals surface area contributed by atoms with Crippen LogP contribution in [0.15, 0.2) is 48.5 Å². The summed E-state index contributed by atoms with van der Waals surface area (Å²) < 4.78 is 5.28. The van der Waals surface area contributed by atoms with Gasteiger partial charge in [-0.25, -0.2) is 4.79 Å². The quantitative estimate of drug-likeness (QED) is 0.447. The molecule has 0 saturated heterocycles. The number of nitrogens with one attached hydrogen (secondary N) is 1. The first kappa shape index (κ1) is 21.0. The number of carbonyl (C=O) groups excluding carboxylic acids is 2. The molecule has 28 heavy (non-hydrogen) atoms. The van der Waals surface area contributed by atoms with Crippen LogP contribution in [0.4, 0.5) is 11.4 Å². The smallest absolute Gasteiger partial charge is 0.338 e. The summed E-state index contributed by atoms with van der Waals surface area (Å²) in [5, 5.41) is 13.3. The second kappa shape index (κ2) is 8.62. The van der Waals surface area contributed by atoms with Gasteiger partial charge in [0.1, 0.15) is 5.60 Å². The molecule has 0 saturated carbocycles. The predicted molar refractivity (Wildman–Crippen MR) is 105 cm³/mol. The molecule has 0 spiro atoms. The fourth-order valence-electron chi connectivity index (χ4n) is 2.36. The van der Waals surface area contributed by atoms with Crippen molar-refractivity contribution in [3.05, 3.63) is 69.8 Å². The molecule has 148 valence electrons. The van der Waals surface area contributed by atoms with Crippen molar-refractivity contribution in [2.24, 2.45) is 5.73 Å². The van der Waals surface area contributed by atoms with E-state index in [1.165, 1.54) is 12.1 Å². The van der Waals surface area contributed by atoms with E-state index < -0.39 is 28.4 Å². The molecule has 3 N–H and O–H groups in total. The molecule has 2 rings (SSSR count). The summed E-state index contributed by atoms with van der Waals surface area (Å²) in [6, 6.07) is 11.4. The summed E-state index contributed by atoms with van der Waals surface area (Å²) in [5.74, 6) is -0.844. The Balaban J connectivity index is 1.94. The number of nitro groups is 1. The molecule has 0 bridgehead atoms. The normalized spacial score (nSPS) is 12.1. The predicted octanol–water partition coefficient (Wildman–Crippen LogP) is 3.06. The fraction of sp³-hybridized carbons (Fsp3) is 0.300. The van der Waals surface area contributed by atoms with E-state index in [1.807, 2.05) is 0 Å². The maximum Gasteiger partial charge on any atom is 0.338 e. The van der Waals surface area contributed by atoms with Crippen LogP contribution in [0.3, 0.4) is 0 Å². The lowest BCUT2D eigenvalue weighted by atomic mass is 10.1. The second-order valence-electron chi connectivity index (χ2n) is 7.30. The molecule has 2 aromatic rings. The van der Waals surface area contributed by atoms with Crippen LogP contribution in [0.2, 0.25) is 0 Å². The highest BCUT2D eigenvalue weighted by molar-refractivity contribution is 5.96. The highest BCUT2D eigenvalue weighted by atomic mass is 16.6. The van der Waals surface area contributed by atoms with Crippen molar-refractivity contribution in [2.45, 2.75) is 38.8 Å². The lowest BCUT2D eigenvalue weighted by molar-refractivity contribution is -0.384. The standard InChI is InChI=1S/C20H23N3O5/c1-20(2,3)28-19(25)14-6-8-15(9-7-14)22-18(24)17(21)12-13-4-10-16(11-5-13)23(26)27/h4-11,17H,12,21H2,1-3H3,(H,22,24). The number of hydrogen-bond donors (Lipinski definition) is 2. The summed E-state index contributed by atoms with van der Waals surface area (Å²) in [5.41, 5.74) is 6.90. The van der Waals surface area contributed by atoms with E-state index in [4.69, 9.17) is 10.5 Å². The van der Waals surface area contributed by atoms with Crippen molar-refractivity contribution in [3.63, 3.8) is 0 Å². The monoisotopic (exact) mass is 385 g/mol. The van der Waals surface area contributed by atoms with Gasteiger partial charge >= 0.3 is 5.97 Å². The van der Waals surface area contributed by atoms with Crippen molar-refractivity contribution in [1.82, 2.24) is 0 Å². The fourth-order valence-corrected chi connectivity index (χ4v) is 2.36. The van der Waals surface area contributed by atoms with Crippen molar-refractivity contribution in [3.8, 4) is 0 Å². The van der Waals surface area contributed by atoms with Crippen molar-refractivity contribution in [1.29, 1.82) is 0 Å². The number of rotatable bonds is 6. The van der Waals surface area contributed by atoms with E-state index in [-0.39, 0.29) is 12.1 Å². The second-order valence-corrected chi connectivity index (χ2v) is 7.30. The van der Waals surface area contributed by atoms with E-state index in [2.05, 4.69) is 5.32 Å². The molecular weight excluding hydrogens is 362 g/mol. The van der Waals surface area contributed by atoms with Gasteiger partial charge in [0.15, 0.2) is 0 Å². The third-order valence-electron chi connectivity index (χ3n) is 3.73. The maximum atomic E-state index is 12.3. The number of carbonyl (C=O) groups is 2. The van der Waals surface area contributed by atoms with Gasteiger partial charge in [-0.15, -0.1) is 0 Å². The van der Waals surface area contributed by atoms with Crippen LogP contribution in [0.25, 0.3) is 0 Å². The average molecular weight is 385 g/mol. The lowest BCUT2D eigenvalue weighted by Gasteiger charge is -2.19. The van der Waals surface area contributed by atoms with E-state index in [1.54, 1.807) is 57.2 Å². The molecule has 1 amide bonds. The van der Waals surface area contributed by atoms with Crippen LogP contribution in [0.1, 0.15) is 36.7 Å². The zero-order valence-corrected chi connectivity index (χ0v) is 16.0. The zero-order valence-electron chi connectivity index (χ0n) is 16.0. The number of non-ortho nitro benzene ring substituents is 1. The molecule has 0 aliphatic carbocycles. The largest absolute Gasteiger partial charge is 0.456 e. The summed E-state index contributed by atoms with van der Waals surface area (Å²) in [7, 11) is 0. The molecule has 8 heteroatoms. The Kier molecular flexibility index (Phi) is 6.48. The van der Waals surface area contributed by atoms with E-state index in [9.17, 15) is 19.7 Å². The summed E-state index contributed by atoms with van der Waals surface area (Å²) in [4.78, 5) is 34.4. The molecule has 1 atom stereocenters. The highest BCUT2D eigenvalue weighted by Gasteiger charge is 2.18. The Hall–Kier alpha value is -3.26. The van der Waals surface area contributed by atoms with Gasteiger partial charge in [-0.1, -0.05) is 12.1 Å². The highest BCUT2D eigenvalue weighted by Crippen LogP contribution is 2.16. The number of nitrogens with two attached hydrogens (primary N) is 1. The molecule has 0 radical (unpaired) electrons. The molecular formula is C20H23N3O5. The summed E-state index contributed by atoms with van der Waals surface area (Å²) in [6.07, 6.45) is 0.236. The van der Waals surface area contributed by atoms with Crippen LogP contribution in [0.5, 0.6) is 0 Å². The number of nitro benzene ring substituents is 1. The Morgan fingerprint density at radius 2 is 1.68 bits per heavy atom. The first-order chi connectivity index (χ1) is 13.0. The van der Waals surface area contributed by atoms with Gasteiger partial charge in [0.2, 0.25) is 5.91 Å². The molecule has 0 aliphatic rings. The minimum atomic E-state index is -0.827. The number of nitrogens with zero attached hydrogens (tertiary/aromatic N) is 1. The van der Waals surface area contributed by atoms with Gasteiger partial charge in [-0.05, 0) is 57.0 Å². The van der Waals surface area contributed by atoms with Crippen LogP contribution in [0, 0.1) is 10.1 Å². The number of benzene rings is 2. The SMILES string of the molecule is CC(C)(C)OC(=O)c1ccc(NC(=O)C(N)Cc2ccc([N+](=O)[O-])cc2)cc1. The van der Waals surface area contributed by atoms with Gasteiger partial charge in [-0.3, -0.25) is 14.9 Å². The lowest BCUT2D eigenvalue weighted by Crippen LogP contribution is -2.37. The van der Waals surface area contributed by atoms with Gasteiger partial charge in [0, 0.05) is 17.8 Å². The summed E-state index contributed by atoms with van der Waals surface area (Å²) >= 11 is 0. The average Bonchev–Trinajstić information content (AvgIpc) is 2.61. The van der Waals surface area contributed by atoms with Crippen molar-refractivity contribution >= 4 is 23.3 Å². The number of esters is 1. The number of ether oxygens (including phenoxy) is 1. The van der Waals surface area contributed by atoms with E-state index in [0.29, 0.717) is 16.8 Å². The minimum absolute atomic E-state index is 0.0214. The Morgan fingerprint density at radius 3 is 2.18 bits per heavy atom. The zero-order chi connectivity index (χ0) is 20.9. The Labute approximate surface area is 162 Å². The molecule has 0 heterocycles. The number of hydrogen-bond acceptors (Lipinski definition) is 6. The Bertz CT molecular complexity index is 855. The van der Waals surface area contributed by atoms with Gasteiger partial charge in [0.05, 0.1) is 16.5 Å². The van der Waals surface area contributed by atoms with Gasteiger partial charge < -0.3 is 15.8 Å².